The number of fused-ring (bicyclic) bond motifs is 2. The molecule has 132 valence electrons. The van der Waals surface area contributed by atoms with Crippen LogP contribution >= 0.6 is 0 Å². The van der Waals surface area contributed by atoms with Gasteiger partial charge in [-0.3, -0.25) is 0 Å². The van der Waals surface area contributed by atoms with Crippen LogP contribution in [0.15, 0.2) is 30.3 Å². The molecular formula is C19H20O6. The van der Waals surface area contributed by atoms with Gasteiger partial charge in [-0.1, -0.05) is 19.1 Å². The van der Waals surface area contributed by atoms with E-state index >= 15 is 0 Å². The Labute approximate surface area is 145 Å². The standard InChI is InChI=1S/C19H20O6/c1-10-17(11-5-4-6-13(22-3)18(11)20)12-7-15-16(24-9-23-15)8-14(12)25-19(10,2)21/h4-8,10,17,20-21H,9H2,1-3H3. The summed E-state index contributed by atoms with van der Waals surface area (Å²) in [5.74, 6) is 0.143. The lowest BCUT2D eigenvalue weighted by Crippen LogP contribution is -2.45. The van der Waals surface area contributed by atoms with Gasteiger partial charge in [0.15, 0.2) is 23.0 Å². The van der Waals surface area contributed by atoms with Crippen molar-refractivity contribution in [2.75, 3.05) is 13.9 Å². The molecule has 2 aliphatic heterocycles. The molecule has 25 heavy (non-hydrogen) atoms. The first-order chi connectivity index (χ1) is 11.9. The molecule has 2 N–H and O–H groups in total. The number of phenols is 1. The lowest BCUT2D eigenvalue weighted by Gasteiger charge is -2.42. The van der Waals surface area contributed by atoms with Crippen LogP contribution in [0.1, 0.15) is 30.9 Å². The van der Waals surface area contributed by atoms with Gasteiger partial charge >= 0.3 is 0 Å². The maximum absolute atomic E-state index is 10.8. The van der Waals surface area contributed by atoms with Crippen LogP contribution < -0.4 is 18.9 Å². The second kappa shape index (κ2) is 5.46. The number of para-hydroxylation sites is 1. The van der Waals surface area contributed by atoms with E-state index < -0.39 is 5.79 Å². The molecule has 2 aromatic carbocycles. The minimum Gasteiger partial charge on any atom is -0.504 e. The van der Waals surface area contributed by atoms with Gasteiger partial charge < -0.3 is 29.2 Å². The van der Waals surface area contributed by atoms with E-state index in [1.165, 1.54) is 7.11 Å². The highest BCUT2D eigenvalue weighted by atomic mass is 16.7. The van der Waals surface area contributed by atoms with E-state index in [2.05, 4.69) is 0 Å². The Kier molecular flexibility index (Phi) is 3.47. The molecule has 0 spiro atoms. The van der Waals surface area contributed by atoms with Crippen LogP contribution in [0.2, 0.25) is 0 Å². The van der Waals surface area contributed by atoms with Crippen molar-refractivity contribution in [1.29, 1.82) is 0 Å². The number of aromatic hydroxyl groups is 1. The summed E-state index contributed by atoms with van der Waals surface area (Å²) in [7, 11) is 1.51. The zero-order valence-corrected chi connectivity index (χ0v) is 14.3. The van der Waals surface area contributed by atoms with E-state index in [9.17, 15) is 10.2 Å². The molecule has 0 aliphatic carbocycles. The van der Waals surface area contributed by atoms with Gasteiger partial charge in [-0.2, -0.15) is 0 Å². The number of methoxy groups -OCH3 is 1. The molecule has 2 aliphatic rings. The third-order valence-electron chi connectivity index (χ3n) is 5.09. The number of aliphatic hydroxyl groups is 1. The normalized spacial score (nSPS) is 26.7. The molecule has 2 heterocycles. The number of hydrogen-bond acceptors (Lipinski definition) is 6. The zero-order valence-electron chi connectivity index (χ0n) is 14.3. The number of ether oxygens (including phenoxy) is 4. The lowest BCUT2D eigenvalue weighted by molar-refractivity contribution is -0.171. The van der Waals surface area contributed by atoms with Crippen molar-refractivity contribution in [3.63, 3.8) is 0 Å². The first kappa shape index (κ1) is 15.9. The Morgan fingerprint density at radius 1 is 1.12 bits per heavy atom. The molecule has 0 aromatic heterocycles. The smallest absolute Gasteiger partial charge is 0.231 e. The summed E-state index contributed by atoms with van der Waals surface area (Å²) < 4.78 is 21.9. The molecule has 3 unspecified atom stereocenters. The molecule has 0 fully saturated rings. The van der Waals surface area contributed by atoms with Gasteiger partial charge in [0, 0.05) is 36.0 Å². The molecule has 0 radical (unpaired) electrons. The van der Waals surface area contributed by atoms with Gasteiger partial charge in [0.25, 0.3) is 0 Å². The highest BCUT2D eigenvalue weighted by Crippen LogP contribution is 2.53. The van der Waals surface area contributed by atoms with Crippen molar-refractivity contribution >= 4 is 0 Å². The highest BCUT2D eigenvalue weighted by Gasteiger charge is 2.45. The fourth-order valence-electron chi connectivity index (χ4n) is 3.56. The summed E-state index contributed by atoms with van der Waals surface area (Å²) in [4.78, 5) is 0. The molecule has 6 heteroatoms. The van der Waals surface area contributed by atoms with Crippen LogP contribution in [-0.2, 0) is 0 Å². The summed E-state index contributed by atoms with van der Waals surface area (Å²) in [5.41, 5.74) is 1.49. The molecule has 0 bridgehead atoms. The average Bonchev–Trinajstić information content (AvgIpc) is 3.02. The third kappa shape index (κ3) is 2.36. The summed E-state index contributed by atoms with van der Waals surface area (Å²) >= 11 is 0. The van der Waals surface area contributed by atoms with Crippen LogP contribution in [-0.4, -0.2) is 29.9 Å². The van der Waals surface area contributed by atoms with E-state index in [0.29, 0.717) is 28.6 Å². The van der Waals surface area contributed by atoms with Gasteiger partial charge in [0.1, 0.15) is 5.75 Å². The van der Waals surface area contributed by atoms with Crippen LogP contribution in [0, 0.1) is 5.92 Å². The Morgan fingerprint density at radius 2 is 1.84 bits per heavy atom. The molecule has 0 saturated carbocycles. The summed E-state index contributed by atoms with van der Waals surface area (Å²) in [6, 6.07) is 8.92. The number of rotatable bonds is 2. The number of benzene rings is 2. The van der Waals surface area contributed by atoms with Gasteiger partial charge in [-0.25, -0.2) is 0 Å². The molecular weight excluding hydrogens is 324 g/mol. The SMILES string of the molecule is COc1cccc(C2c3cc4c(cc3OC(C)(O)C2C)OCO4)c1O. The Morgan fingerprint density at radius 3 is 2.56 bits per heavy atom. The van der Waals surface area contributed by atoms with E-state index in [1.54, 1.807) is 19.1 Å². The van der Waals surface area contributed by atoms with Crippen LogP contribution in [0.5, 0.6) is 28.7 Å². The summed E-state index contributed by atoms with van der Waals surface area (Å²) in [6.07, 6.45) is 0. The van der Waals surface area contributed by atoms with Crippen molar-refractivity contribution in [2.24, 2.45) is 5.92 Å². The van der Waals surface area contributed by atoms with E-state index in [0.717, 1.165) is 5.56 Å². The molecule has 3 atom stereocenters. The number of hydrogen-bond donors (Lipinski definition) is 2. The first-order valence-electron chi connectivity index (χ1n) is 8.13. The van der Waals surface area contributed by atoms with Crippen molar-refractivity contribution < 1.29 is 29.2 Å². The molecule has 4 rings (SSSR count). The van der Waals surface area contributed by atoms with Crippen LogP contribution in [0.3, 0.4) is 0 Å². The second-order valence-corrected chi connectivity index (χ2v) is 6.56. The van der Waals surface area contributed by atoms with Crippen LogP contribution in [0.25, 0.3) is 0 Å². The van der Waals surface area contributed by atoms with E-state index in [-0.39, 0.29) is 24.4 Å². The van der Waals surface area contributed by atoms with Gasteiger partial charge in [-0.05, 0) is 12.1 Å². The molecule has 0 amide bonds. The Balaban J connectivity index is 1.93. The average molecular weight is 344 g/mol. The van der Waals surface area contributed by atoms with E-state index in [1.807, 2.05) is 25.1 Å². The monoisotopic (exact) mass is 344 g/mol. The predicted molar refractivity (Wildman–Crippen MR) is 89.5 cm³/mol. The lowest BCUT2D eigenvalue weighted by atomic mass is 9.75. The fraction of sp³-hybridized carbons (Fsp3) is 0.368. The van der Waals surface area contributed by atoms with Crippen molar-refractivity contribution in [2.45, 2.75) is 25.6 Å². The Hall–Kier alpha value is -2.60. The second-order valence-electron chi connectivity index (χ2n) is 6.56. The molecule has 2 aromatic rings. The topological polar surface area (TPSA) is 77.4 Å². The Bertz CT molecular complexity index is 829. The fourth-order valence-corrected chi connectivity index (χ4v) is 3.56. The van der Waals surface area contributed by atoms with Gasteiger partial charge in [0.2, 0.25) is 12.6 Å². The third-order valence-corrected chi connectivity index (χ3v) is 5.09. The van der Waals surface area contributed by atoms with Crippen LogP contribution in [0.4, 0.5) is 0 Å². The minimum absolute atomic E-state index is 0.0585. The summed E-state index contributed by atoms with van der Waals surface area (Å²) in [5, 5.41) is 21.4. The largest absolute Gasteiger partial charge is 0.504 e. The van der Waals surface area contributed by atoms with Crippen molar-refractivity contribution in [3.05, 3.63) is 41.5 Å². The zero-order chi connectivity index (χ0) is 17.8. The minimum atomic E-state index is -1.40. The van der Waals surface area contributed by atoms with Crippen molar-refractivity contribution in [1.82, 2.24) is 0 Å². The summed E-state index contributed by atoms with van der Waals surface area (Å²) in [6.45, 7) is 3.66. The maximum atomic E-state index is 10.8. The predicted octanol–water partition coefficient (Wildman–Crippen LogP) is 3.00. The molecule has 0 saturated heterocycles. The van der Waals surface area contributed by atoms with E-state index in [4.69, 9.17) is 18.9 Å². The highest BCUT2D eigenvalue weighted by molar-refractivity contribution is 5.59. The van der Waals surface area contributed by atoms with Gasteiger partial charge in [-0.15, -0.1) is 0 Å². The molecule has 6 nitrogen and oxygen atoms in total. The first-order valence-corrected chi connectivity index (χ1v) is 8.13. The quantitative estimate of drug-likeness (QED) is 0.872. The maximum Gasteiger partial charge on any atom is 0.231 e. The number of phenolic OH excluding ortho intramolecular Hbond substituents is 1. The van der Waals surface area contributed by atoms with Crippen molar-refractivity contribution in [3.8, 4) is 28.7 Å². The van der Waals surface area contributed by atoms with Gasteiger partial charge in [0.05, 0.1) is 7.11 Å².